The Labute approximate surface area is 134 Å². The van der Waals surface area contributed by atoms with Crippen molar-refractivity contribution < 1.29 is 13.9 Å². The van der Waals surface area contributed by atoms with Crippen LogP contribution in [0.4, 0.5) is 4.39 Å². The molecule has 1 aliphatic rings. The van der Waals surface area contributed by atoms with Crippen molar-refractivity contribution in [3.05, 3.63) is 48.3 Å². The van der Waals surface area contributed by atoms with E-state index in [1.165, 1.54) is 6.07 Å². The maximum Gasteiger partial charge on any atom is 0.225 e. The van der Waals surface area contributed by atoms with Gasteiger partial charge < -0.3 is 14.6 Å². The van der Waals surface area contributed by atoms with Crippen LogP contribution in [-0.2, 0) is 16.1 Å². The highest BCUT2D eigenvalue weighted by atomic mass is 19.1. The quantitative estimate of drug-likeness (QED) is 0.942. The summed E-state index contributed by atoms with van der Waals surface area (Å²) in [5, 5.41) is 2.88. The zero-order valence-corrected chi connectivity index (χ0v) is 13.0. The molecule has 1 aliphatic heterocycles. The number of carbonyl (C=O) groups is 1. The predicted molar refractivity (Wildman–Crippen MR) is 83.5 cm³/mol. The van der Waals surface area contributed by atoms with E-state index in [-0.39, 0.29) is 23.7 Å². The van der Waals surface area contributed by atoms with Crippen LogP contribution in [0, 0.1) is 11.7 Å². The molecule has 6 heteroatoms. The molecular formula is C17H20FN3O2. The molecule has 1 N–H and O–H groups in total. The maximum absolute atomic E-state index is 14.2. The van der Waals surface area contributed by atoms with Crippen molar-refractivity contribution in [2.45, 2.75) is 32.4 Å². The van der Waals surface area contributed by atoms with Gasteiger partial charge in [0, 0.05) is 25.5 Å². The van der Waals surface area contributed by atoms with Crippen molar-refractivity contribution in [2.24, 2.45) is 5.92 Å². The van der Waals surface area contributed by atoms with Crippen LogP contribution >= 0.6 is 0 Å². The molecule has 1 aromatic carbocycles. The molecule has 0 radical (unpaired) electrons. The van der Waals surface area contributed by atoms with Gasteiger partial charge in [-0.15, -0.1) is 0 Å². The molecule has 0 saturated carbocycles. The van der Waals surface area contributed by atoms with Crippen molar-refractivity contribution in [3.63, 3.8) is 0 Å². The number of imidazole rings is 1. The fraction of sp³-hybridized carbons (Fsp3) is 0.412. The van der Waals surface area contributed by atoms with E-state index in [4.69, 9.17) is 4.74 Å². The van der Waals surface area contributed by atoms with E-state index in [1.54, 1.807) is 35.4 Å². The van der Waals surface area contributed by atoms with Crippen LogP contribution in [0.25, 0.3) is 5.69 Å². The van der Waals surface area contributed by atoms with Gasteiger partial charge in [-0.25, -0.2) is 9.37 Å². The topological polar surface area (TPSA) is 56.1 Å². The van der Waals surface area contributed by atoms with Gasteiger partial charge in [-0.05, 0) is 37.5 Å². The molecule has 5 nitrogen and oxygen atoms in total. The number of benzene rings is 1. The molecule has 0 bridgehead atoms. The highest BCUT2D eigenvalue weighted by Gasteiger charge is 2.28. The second-order valence-electron chi connectivity index (χ2n) is 5.80. The molecule has 2 heterocycles. The second-order valence-corrected chi connectivity index (χ2v) is 5.80. The first-order valence-electron chi connectivity index (χ1n) is 7.81. The van der Waals surface area contributed by atoms with Crippen LogP contribution in [-0.4, -0.2) is 28.2 Å². The van der Waals surface area contributed by atoms with Crippen molar-refractivity contribution in [3.8, 4) is 5.69 Å². The van der Waals surface area contributed by atoms with E-state index in [2.05, 4.69) is 10.3 Å². The molecule has 1 amide bonds. The second kappa shape index (κ2) is 6.91. The average molecular weight is 317 g/mol. The molecule has 0 spiro atoms. The van der Waals surface area contributed by atoms with Gasteiger partial charge in [-0.3, -0.25) is 4.79 Å². The number of halogens is 1. The van der Waals surface area contributed by atoms with Crippen molar-refractivity contribution in [2.75, 3.05) is 6.61 Å². The van der Waals surface area contributed by atoms with Gasteiger partial charge in [0.15, 0.2) is 0 Å². The smallest absolute Gasteiger partial charge is 0.225 e. The van der Waals surface area contributed by atoms with Gasteiger partial charge in [0.05, 0.1) is 24.0 Å². The van der Waals surface area contributed by atoms with E-state index in [0.717, 1.165) is 18.4 Å². The summed E-state index contributed by atoms with van der Waals surface area (Å²) in [5.74, 6) is -0.501. The Morgan fingerprint density at radius 1 is 1.52 bits per heavy atom. The summed E-state index contributed by atoms with van der Waals surface area (Å²) in [6.07, 6.45) is 6.50. The Hall–Kier alpha value is -2.21. The van der Waals surface area contributed by atoms with Crippen molar-refractivity contribution in [1.82, 2.24) is 14.9 Å². The summed E-state index contributed by atoms with van der Waals surface area (Å²) >= 11 is 0. The molecule has 2 atom stereocenters. The zero-order chi connectivity index (χ0) is 16.2. The Morgan fingerprint density at radius 3 is 3.09 bits per heavy atom. The van der Waals surface area contributed by atoms with Crippen molar-refractivity contribution in [1.29, 1.82) is 0 Å². The predicted octanol–water partition coefficient (Wildman–Crippen LogP) is 2.44. The summed E-state index contributed by atoms with van der Waals surface area (Å²) in [7, 11) is 0. The van der Waals surface area contributed by atoms with E-state index in [9.17, 15) is 9.18 Å². The van der Waals surface area contributed by atoms with Gasteiger partial charge in [0.25, 0.3) is 0 Å². The molecule has 0 unspecified atom stereocenters. The standard InChI is InChI=1S/C17H20FN3O2/c1-12-14(3-2-8-23-12)17(22)20-10-13-4-5-16(15(18)9-13)21-7-6-19-11-21/h4-7,9,11-12,14H,2-3,8,10H2,1H3,(H,20,22)/t12-,14-/m0/s1. The van der Waals surface area contributed by atoms with E-state index < -0.39 is 0 Å². The summed E-state index contributed by atoms with van der Waals surface area (Å²) in [6, 6.07) is 4.93. The van der Waals surface area contributed by atoms with Crippen LogP contribution < -0.4 is 5.32 Å². The molecule has 1 aromatic heterocycles. The summed E-state index contributed by atoms with van der Waals surface area (Å²) < 4.78 is 21.3. The van der Waals surface area contributed by atoms with Crippen LogP contribution in [0.15, 0.2) is 36.9 Å². The lowest BCUT2D eigenvalue weighted by molar-refractivity contribution is -0.133. The van der Waals surface area contributed by atoms with Gasteiger partial charge in [-0.2, -0.15) is 0 Å². The SMILES string of the molecule is C[C@@H]1OCCC[C@@H]1C(=O)NCc1ccc(-n2ccnc2)c(F)c1. The molecule has 3 rings (SSSR count). The minimum absolute atomic E-state index is 0.0312. The highest BCUT2D eigenvalue weighted by molar-refractivity contribution is 5.79. The van der Waals surface area contributed by atoms with Crippen LogP contribution in [0.3, 0.4) is 0 Å². The zero-order valence-electron chi connectivity index (χ0n) is 13.0. The molecule has 122 valence electrons. The lowest BCUT2D eigenvalue weighted by atomic mass is 9.94. The Balaban J connectivity index is 1.62. The molecule has 1 fully saturated rings. The van der Waals surface area contributed by atoms with Crippen LogP contribution in [0.5, 0.6) is 0 Å². The van der Waals surface area contributed by atoms with Crippen molar-refractivity contribution >= 4 is 5.91 Å². The fourth-order valence-electron chi connectivity index (χ4n) is 2.86. The van der Waals surface area contributed by atoms with E-state index in [1.807, 2.05) is 6.92 Å². The minimum atomic E-state index is -0.343. The Morgan fingerprint density at radius 2 is 2.39 bits per heavy atom. The number of aromatic nitrogens is 2. The third-order valence-electron chi connectivity index (χ3n) is 4.21. The third-order valence-corrected chi connectivity index (χ3v) is 4.21. The lowest BCUT2D eigenvalue weighted by Gasteiger charge is -2.28. The normalized spacial score (nSPS) is 21.1. The summed E-state index contributed by atoms with van der Waals surface area (Å²) in [5.41, 5.74) is 1.16. The first kappa shape index (κ1) is 15.7. The first-order chi connectivity index (χ1) is 11.1. The van der Waals surface area contributed by atoms with E-state index in [0.29, 0.717) is 18.8 Å². The number of rotatable bonds is 4. The highest BCUT2D eigenvalue weighted by Crippen LogP contribution is 2.21. The fourth-order valence-corrected chi connectivity index (χ4v) is 2.86. The maximum atomic E-state index is 14.2. The average Bonchev–Trinajstić information content (AvgIpc) is 3.07. The molecule has 1 saturated heterocycles. The minimum Gasteiger partial charge on any atom is -0.378 e. The number of amides is 1. The monoisotopic (exact) mass is 317 g/mol. The number of hydrogen-bond acceptors (Lipinski definition) is 3. The summed E-state index contributed by atoms with van der Waals surface area (Å²) in [4.78, 5) is 16.1. The Kier molecular flexibility index (Phi) is 4.71. The molecule has 0 aliphatic carbocycles. The first-order valence-corrected chi connectivity index (χ1v) is 7.81. The number of ether oxygens (including phenoxy) is 1. The molecule has 2 aromatic rings. The third kappa shape index (κ3) is 3.59. The number of nitrogens with one attached hydrogen (secondary N) is 1. The number of carbonyl (C=O) groups excluding carboxylic acids is 1. The summed E-state index contributed by atoms with van der Waals surface area (Å²) in [6.45, 7) is 2.94. The largest absolute Gasteiger partial charge is 0.378 e. The van der Waals surface area contributed by atoms with Gasteiger partial charge >= 0.3 is 0 Å². The number of hydrogen-bond donors (Lipinski definition) is 1. The van der Waals surface area contributed by atoms with Gasteiger partial charge in [-0.1, -0.05) is 6.07 Å². The van der Waals surface area contributed by atoms with Gasteiger partial charge in [0.1, 0.15) is 5.82 Å². The molecular weight excluding hydrogens is 297 g/mol. The Bertz CT molecular complexity index is 672. The number of nitrogens with zero attached hydrogens (tertiary/aromatic N) is 2. The lowest BCUT2D eigenvalue weighted by Crippen LogP contribution is -2.39. The van der Waals surface area contributed by atoms with Crippen LogP contribution in [0.1, 0.15) is 25.3 Å². The van der Waals surface area contributed by atoms with E-state index >= 15 is 0 Å². The van der Waals surface area contributed by atoms with Gasteiger partial charge in [0.2, 0.25) is 5.91 Å². The molecule has 23 heavy (non-hydrogen) atoms. The van der Waals surface area contributed by atoms with Crippen LogP contribution in [0.2, 0.25) is 0 Å².